The molecule has 0 aromatic heterocycles. The molecular weight excluding hydrogens is 838 g/mol. The van der Waals surface area contributed by atoms with E-state index < -0.39 is 0 Å². The van der Waals surface area contributed by atoms with Gasteiger partial charge in [-0.25, -0.2) is 0 Å². The minimum atomic E-state index is 0. The van der Waals surface area contributed by atoms with Crippen LogP contribution < -0.4 is 0 Å². The van der Waals surface area contributed by atoms with Crippen molar-refractivity contribution in [2.24, 2.45) is 0 Å². The van der Waals surface area contributed by atoms with Crippen LogP contribution in [0.1, 0.15) is 0 Å². The zero-order valence-corrected chi connectivity index (χ0v) is 23.0. The maximum atomic E-state index is 0. The summed E-state index contributed by atoms with van der Waals surface area (Å²) in [6, 6.07) is 0. The second-order valence-corrected chi connectivity index (χ2v) is 0. The average molecular weight is 849 g/mol. The fourth-order valence-electron chi connectivity index (χ4n) is 0. The van der Waals surface area contributed by atoms with Crippen LogP contribution in [0.3, 0.4) is 0 Å². The van der Waals surface area contributed by atoms with Gasteiger partial charge in [-0.15, -0.1) is 0 Å². The molecule has 32 valence electrons. The van der Waals surface area contributed by atoms with Gasteiger partial charge in [0.05, 0.1) is 0 Å². The van der Waals surface area contributed by atoms with Crippen molar-refractivity contribution < 1.29 is 0 Å². The Kier molecular flexibility index (Phi) is 103. The molecule has 0 rings (SSSR count). The molecule has 0 unspecified atom stereocenters. The molecule has 0 aromatic carbocycles. The fraction of sp³-hybridized carbons (Fsp3) is 0. The molecule has 4 heavy (non-hydrogen) atoms. The Morgan fingerprint density at radius 1 is 0.750 bits per heavy atom. The molecule has 0 aliphatic carbocycles. The second-order valence-electron chi connectivity index (χ2n) is 0. The molecule has 0 saturated heterocycles. The Bertz CT molecular complexity index is 3.25. The van der Waals surface area contributed by atoms with Gasteiger partial charge in [0.15, 0.2) is 0 Å². The second kappa shape index (κ2) is 16.0. The molecule has 0 N–H and O–H groups in total. The van der Waals surface area contributed by atoms with Crippen LogP contribution in [0.5, 0.6) is 0 Å². The first kappa shape index (κ1) is 25.7. The Morgan fingerprint density at radius 3 is 0.750 bits per heavy atom. The first-order valence-electron chi connectivity index (χ1n) is 0. The number of rotatable bonds is 0. The van der Waals surface area contributed by atoms with E-state index in [-0.39, 0.29) is 105 Å². The molecule has 0 saturated carbocycles. The van der Waals surface area contributed by atoms with Crippen molar-refractivity contribution in [3.8, 4) is 0 Å². The molecule has 0 heterocycles. The topological polar surface area (TPSA) is 0 Å². The molecule has 0 radical (unpaired) electrons. The monoisotopic (exact) mass is 849 g/mol. The van der Waals surface area contributed by atoms with Crippen LogP contribution in [0.2, 0.25) is 0 Å². The first-order chi connectivity index (χ1) is 0. The Hall–Kier alpha value is 3.55. The van der Waals surface area contributed by atoms with Crippen molar-refractivity contribution >= 4 is 105 Å². The Labute approximate surface area is 103 Å². The Morgan fingerprint density at radius 2 is 0.750 bits per heavy atom. The van der Waals surface area contributed by atoms with E-state index in [1.54, 1.807) is 0 Å². The molecule has 0 fully saturated rings. The van der Waals surface area contributed by atoms with Crippen LogP contribution >= 0.6 is 0 Å². The van der Waals surface area contributed by atoms with Crippen LogP contribution in [0.4, 0.5) is 0 Å². The van der Waals surface area contributed by atoms with Gasteiger partial charge in [0, 0.05) is 0 Å². The predicted octanol–water partition coefficient (Wildman–Crippen LogP) is -4.47. The third kappa shape index (κ3) is 9.11. The number of hydrogen-bond acceptors (Lipinski definition) is 0. The van der Waals surface area contributed by atoms with Crippen LogP contribution in [0.15, 0.2) is 0 Å². The summed E-state index contributed by atoms with van der Waals surface area (Å²) in [6.07, 6.45) is 0. The summed E-state index contributed by atoms with van der Waals surface area (Å²) in [6.45, 7) is 0. The third-order valence-corrected chi connectivity index (χ3v) is 0. The van der Waals surface area contributed by atoms with E-state index in [1.165, 1.54) is 0 Å². The van der Waals surface area contributed by atoms with Gasteiger partial charge in [-0.1, -0.05) is 0 Å². The summed E-state index contributed by atoms with van der Waals surface area (Å²) in [5.41, 5.74) is 0. The summed E-state index contributed by atoms with van der Waals surface area (Å²) < 4.78 is 0. The molecule has 0 aromatic rings. The van der Waals surface area contributed by atoms with Gasteiger partial charge in [-0.3, -0.25) is 0 Å². The van der Waals surface area contributed by atoms with E-state index in [9.17, 15) is 0 Å². The SMILES string of the molecule is [209BiH3].[209BiH3].[210BiH3].[210PoH2]. The summed E-state index contributed by atoms with van der Waals surface area (Å²) in [5.74, 6) is 0. The molecule has 0 spiro atoms. The van der Waals surface area contributed by atoms with Gasteiger partial charge in [-0.2, -0.15) is 0 Å². The van der Waals surface area contributed by atoms with Crippen molar-refractivity contribution in [3.05, 3.63) is 0 Å². The van der Waals surface area contributed by atoms with Crippen LogP contribution in [-0.4, -0.2) is 105 Å². The van der Waals surface area contributed by atoms with E-state index >= 15 is 0 Å². The van der Waals surface area contributed by atoms with Crippen LogP contribution in [0, 0.1) is 0 Å². The molecule has 0 atom stereocenters. The first-order valence-corrected chi connectivity index (χ1v) is 0. The molecule has 0 aliphatic rings. The average Bonchev–Trinajstić information content (AvgIpc) is 0. The van der Waals surface area contributed by atoms with Crippen molar-refractivity contribution in [2.75, 3.05) is 0 Å². The van der Waals surface area contributed by atoms with Gasteiger partial charge in [0.25, 0.3) is 0 Å². The van der Waals surface area contributed by atoms with Crippen LogP contribution in [-0.2, 0) is 0 Å². The normalized spacial score (nSPS) is 0. The molecule has 4 heteroatoms. The predicted molar refractivity (Wildman–Crippen MR) is 38.4 cm³/mol. The van der Waals surface area contributed by atoms with Crippen molar-refractivity contribution in [3.63, 3.8) is 0 Å². The minimum absolute atomic E-state index is 0. The van der Waals surface area contributed by atoms with Gasteiger partial charge < -0.3 is 0 Å². The van der Waals surface area contributed by atoms with Crippen LogP contribution in [0.25, 0.3) is 0 Å². The summed E-state index contributed by atoms with van der Waals surface area (Å²) >= 11 is 0. The maximum absolute atomic E-state index is 0. The molecule has 0 amide bonds. The Balaban J connectivity index is 0. The van der Waals surface area contributed by atoms with E-state index in [0.29, 0.717) is 0 Å². The summed E-state index contributed by atoms with van der Waals surface area (Å²) in [7, 11) is 0. The summed E-state index contributed by atoms with van der Waals surface area (Å²) in [4.78, 5) is 0. The zero-order valence-electron chi connectivity index (χ0n) is 2.62. The summed E-state index contributed by atoms with van der Waals surface area (Å²) in [5, 5.41) is 0. The van der Waals surface area contributed by atoms with E-state index in [1.807, 2.05) is 0 Å². The standard InChI is InChI=1S/3Bi.Po.11H/i1+1;2*1+0;1+1;;;;;;;;;;;. The molecule has 0 aliphatic heterocycles. The van der Waals surface area contributed by atoms with Gasteiger partial charge >= 0.3 is 105 Å². The molecular formula is H11Bi3Po. The van der Waals surface area contributed by atoms with E-state index in [0.717, 1.165) is 0 Å². The molecule has 0 bridgehead atoms. The zero-order chi connectivity index (χ0) is 0. The van der Waals surface area contributed by atoms with Gasteiger partial charge in [0.2, 0.25) is 0 Å². The number of hydrogen-bond donors (Lipinski definition) is 0. The van der Waals surface area contributed by atoms with E-state index in [4.69, 9.17) is 0 Å². The van der Waals surface area contributed by atoms with Gasteiger partial charge in [-0.05, 0) is 0 Å². The van der Waals surface area contributed by atoms with Crippen molar-refractivity contribution in [1.29, 1.82) is 0 Å². The van der Waals surface area contributed by atoms with E-state index in [2.05, 4.69) is 0 Å². The third-order valence-electron chi connectivity index (χ3n) is 0. The van der Waals surface area contributed by atoms with Crippen molar-refractivity contribution in [2.45, 2.75) is 0 Å². The van der Waals surface area contributed by atoms with Gasteiger partial charge in [0.1, 0.15) is 0 Å². The molecule has 0 nitrogen and oxygen atoms in total. The fourth-order valence-corrected chi connectivity index (χ4v) is 0. The quantitative estimate of drug-likeness (QED) is 0.216. The van der Waals surface area contributed by atoms with Crippen molar-refractivity contribution in [1.82, 2.24) is 0 Å².